The number of nitrogens with zero attached hydrogens (tertiary/aromatic N) is 1. The number of aliphatic hydroxyl groups is 1. The van der Waals surface area contributed by atoms with Gasteiger partial charge in [-0.15, -0.1) is 0 Å². The number of hydrogen-bond acceptors (Lipinski definition) is 5. The van der Waals surface area contributed by atoms with Gasteiger partial charge in [0, 0.05) is 0 Å². The summed E-state index contributed by atoms with van der Waals surface area (Å²) in [7, 11) is 1.50. The summed E-state index contributed by atoms with van der Waals surface area (Å²) in [6, 6.07) is 5.07. The molecule has 0 saturated heterocycles. The number of aromatic nitrogens is 2. The van der Waals surface area contributed by atoms with Crippen molar-refractivity contribution in [3.8, 4) is 17.1 Å². The van der Waals surface area contributed by atoms with Crippen LogP contribution in [-0.2, 0) is 6.61 Å². The monoisotopic (exact) mass is 222 g/mol. The quantitative estimate of drug-likeness (QED) is 0.790. The van der Waals surface area contributed by atoms with E-state index in [0.29, 0.717) is 22.7 Å². The number of benzene rings is 1. The Morgan fingerprint density at radius 1 is 1.56 bits per heavy atom. The van der Waals surface area contributed by atoms with Gasteiger partial charge in [-0.25, -0.2) is 4.79 Å². The van der Waals surface area contributed by atoms with Crippen molar-refractivity contribution >= 4 is 0 Å². The summed E-state index contributed by atoms with van der Waals surface area (Å²) in [4.78, 5) is 13.2. The van der Waals surface area contributed by atoms with Gasteiger partial charge in [0.1, 0.15) is 5.75 Å². The van der Waals surface area contributed by atoms with Gasteiger partial charge in [-0.2, -0.15) is 0 Å². The predicted octanol–water partition coefficient (Wildman–Crippen LogP) is 0.531. The van der Waals surface area contributed by atoms with Crippen LogP contribution in [-0.4, -0.2) is 22.4 Å². The summed E-state index contributed by atoms with van der Waals surface area (Å²) in [6.45, 7) is -0.0774. The van der Waals surface area contributed by atoms with Crippen LogP contribution in [0.5, 0.6) is 5.75 Å². The minimum atomic E-state index is -0.622. The number of methoxy groups -OCH3 is 1. The molecule has 1 aromatic heterocycles. The van der Waals surface area contributed by atoms with Gasteiger partial charge in [-0.05, 0) is 17.7 Å². The Labute approximate surface area is 90.5 Å². The lowest BCUT2D eigenvalue weighted by Crippen LogP contribution is -1.96. The van der Waals surface area contributed by atoms with Crippen LogP contribution in [0.2, 0.25) is 0 Å². The molecule has 0 unspecified atom stereocenters. The zero-order valence-corrected chi connectivity index (χ0v) is 8.56. The fourth-order valence-electron chi connectivity index (χ4n) is 1.38. The predicted molar refractivity (Wildman–Crippen MR) is 55.0 cm³/mol. The fourth-order valence-corrected chi connectivity index (χ4v) is 1.38. The lowest BCUT2D eigenvalue weighted by Gasteiger charge is -2.06. The van der Waals surface area contributed by atoms with Gasteiger partial charge < -0.3 is 9.84 Å². The third-order valence-corrected chi connectivity index (χ3v) is 2.14. The molecule has 2 rings (SSSR count). The Balaban J connectivity index is 2.52. The Hall–Kier alpha value is -2.08. The normalized spacial score (nSPS) is 10.4. The topological polar surface area (TPSA) is 88.3 Å². The minimum Gasteiger partial charge on any atom is -0.496 e. The van der Waals surface area contributed by atoms with E-state index in [1.165, 1.54) is 7.11 Å². The highest BCUT2D eigenvalue weighted by molar-refractivity contribution is 5.64. The summed E-state index contributed by atoms with van der Waals surface area (Å²) in [5, 5.41) is 12.5. The average Bonchev–Trinajstić information content (AvgIpc) is 2.74. The van der Waals surface area contributed by atoms with E-state index < -0.39 is 5.76 Å². The molecule has 2 aromatic rings. The highest BCUT2D eigenvalue weighted by atomic mass is 16.5. The summed E-state index contributed by atoms with van der Waals surface area (Å²) in [6.07, 6.45) is 0. The number of rotatable bonds is 3. The number of aromatic amines is 1. The van der Waals surface area contributed by atoms with E-state index >= 15 is 0 Å². The summed E-state index contributed by atoms with van der Waals surface area (Å²) in [5.74, 6) is 0.186. The van der Waals surface area contributed by atoms with Crippen molar-refractivity contribution in [2.75, 3.05) is 7.11 Å². The first-order chi connectivity index (χ1) is 7.74. The van der Waals surface area contributed by atoms with Gasteiger partial charge in [0.15, 0.2) is 5.82 Å². The largest absolute Gasteiger partial charge is 0.496 e. The first kappa shape index (κ1) is 10.4. The van der Waals surface area contributed by atoms with E-state index in [1.54, 1.807) is 18.2 Å². The van der Waals surface area contributed by atoms with Crippen LogP contribution >= 0.6 is 0 Å². The first-order valence-corrected chi connectivity index (χ1v) is 4.58. The van der Waals surface area contributed by atoms with Crippen molar-refractivity contribution in [2.24, 2.45) is 0 Å². The summed E-state index contributed by atoms with van der Waals surface area (Å²) >= 11 is 0. The highest BCUT2D eigenvalue weighted by Crippen LogP contribution is 2.27. The molecule has 0 radical (unpaired) electrons. The molecule has 0 amide bonds. The first-order valence-electron chi connectivity index (χ1n) is 4.58. The van der Waals surface area contributed by atoms with Crippen LogP contribution in [0.15, 0.2) is 27.5 Å². The molecule has 16 heavy (non-hydrogen) atoms. The van der Waals surface area contributed by atoms with Gasteiger partial charge in [0.05, 0.1) is 19.3 Å². The summed E-state index contributed by atoms with van der Waals surface area (Å²) < 4.78 is 9.55. The molecule has 0 aliphatic heterocycles. The minimum absolute atomic E-state index is 0.0774. The molecule has 0 aliphatic carbocycles. The third-order valence-electron chi connectivity index (χ3n) is 2.14. The van der Waals surface area contributed by atoms with E-state index in [-0.39, 0.29) is 6.61 Å². The van der Waals surface area contributed by atoms with E-state index in [1.807, 2.05) is 0 Å². The van der Waals surface area contributed by atoms with E-state index in [0.717, 1.165) is 0 Å². The van der Waals surface area contributed by atoms with Gasteiger partial charge >= 0.3 is 5.76 Å². The SMILES string of the molecule is COc1cc(CO)ccc1-c1noc(=O)[nH]1. The van der Waals surface area contributed by atoms with Crippen molar-refractivity contribution < 1.29 is 14.4 Å². The lowest BCUT2D eigenvalue weighted by atomic mass is 10.1. The standard InChI is InChI=1S/C10H10N2O4/c1-15-8-4-6(5-13)2-3-7(8)9-11-10(14)16-12-9/h2-4,13H,5H2,1H3,(H,11,12,14). The van der Waals surface area contributed by atoms with Crippen molar-refractivity contribution in [3.05, 3.63) is 34.3 Å². The third kappa shape index (κ3) is 1.82. The second kappa shape index (κ2) is 4.19. The van der Waals surface area contributed by atoms with Crippen LogP contribution in [0, 0.1) is 0 Å². The zero-order valence-electron chi connectivity index (χ0n) is 8.56. The maximum atomic E-state index is 10.8. The molecule has 1 aromatic carbocycles. The molecular formula is C10H10N2O4. The van der Waals surface area contributed by atoms with E-state index in [4.69, 9.17) is 9.84 Å². The molecule has 0 saturated carbocycles. The Morgan fingerprint density at radius 3 is 2.94 bits per heavy atom. The van der Waals surface area contributed by atoms with E-state index in [2.05, 4.69) is 14.7 Å². The summed E-state index contributed by atoms with van der Waals surface area (Å²) in [5.41, 5.74) is 1.32. The molecule has 1 heterocycles. The smallest absolute Gasteiger partial charge is 0.439 e. The lowest BCUT2D eigenvalue weighted by molar-refractivity contribution is 0.281. The van der Waals surface area contributed by atoms with Crippen LogP contribution in [0.25, 0.3) is 11.4 Å². The molecular weight excluding hydrogens is 212 g/mol. The molecule has 0 fully saturated rings. The maximum Gasteiger partial charge on any atom is 0.439 e. The van der Waals surface area contributed by atoms with Gasteiger partial charge in [-0.3, -0.25) is 9.51 Å². The number of H-pyrrole nitrogens is 1. The van der Waals surface area contributed by atoms with Crippen LogP contribution < -0.4 is 10.5 Å². The number of ether oxygens (including phenoxy) is 1. The van der Waals surface area contributed by atoms with Crippen LogP contribution in [0.4, 0.5) is 0 Å². The van der Waals surface area contributed by atoms with Crippen molar-refractivity contribution in [1.29, 1.82) is 0 Å². The second-order valence-corrected chi connectivity index (χ2v) is 3.14. The zero-order chi connectivity index (χ0) is 11.5. The fraction of sp³-hybridized carbons (Fsp3) is 0.200. The molecule has 0 spiro atoms. The maximum absolute atomic E-state index is 10.8. The van der Waals surface area contributed by atoms with Crippen molar-refractivity contribution in [3.63, 3.8) is 0 Å². The van der Waals surface area contributed by atoms with Gasteiger partial charge in [0.2, 0.25) is 0 Å². The number of aliphatic hydroxyl groups excluding tert-OH is 1. The molecule has 0 bridgehead atoms. The van der Waals surface area contributed by atoms with Gasteiger partial charge in [0.25, 0.3) is 0 Å². The van der Waals surface area contributed by atoms with Crippen molar-refractivity contribution in [1.82, 2.24) is 10.1 Å². The number of nitrogens with one attached hydrogen (secondary N) is 1. The molecule has 2 N–H and O–H groups in total. The van der Waals surface area contributed by atoms with Crippen LogP contribution in [0.1, 0.15) is 5.56 Å². The molecule has 0 atom stereocenters. The average molecular weight is 222 g/mol. The van der Waals surface area contributed by atoms with Crippen LogP contribution in [0.3, 0.4) is 0 Å². The highest BCUT2D eigenvalue weighted by Gasteiger charge is 2.11. The van der Waals surface area contributed by atoms with E-state index in [9.17, 15) is 4.79 Å². The Kier molecular flexibility index (Phi) is 2.74. The molecule has 6 nitrogen and oxygen atoms in total. The van der Waals surface area contributed by atoms with Gasteiger partial charge in [-0.1, -0.05) is 11.2 Å². The Morgan fingerprint density at radius 2 is 2.38 bits per heavy atom. The Bertz CT molecular complexity index is 544. The number of hydrogen-bond donors (Lipinski definition) is 2. The second-order valence-electron chi connectivity index (χ2n) is 3.14. The molecule has 6 heteroatoms. The van der Waals surface area contributed by atoms with Crippen molar-refractivity contribution in [2.45, 2.75) is 6.61 Å². The molecule has 84 valence electrons. The molecule has 0 aliphatic rings.